The molecule has 0 spiro atoms. The SMILES string of the molecule is CC(C(=O)OC(F)(F)F)C(F)(F)F. The summed E-state index contributed by atoms with van der Waals surface area (Å²) in [7, 11) is 0. The van der Waals surface area contributed by atoms with E-state index in [0.717, 1.165) is 0 Å². The molecule has 0 aromatic rings. The summed E-state index contributed by atoms with van der Waals surface area (Å²) in [4.78, 5) is 10.1. The molecule has 1 atom stereocenters. The van der Waals surface area contributed by atoms with Crippen LogP contribution < -0.4 is 0 Å². The smallest absolute Gasteiger partial charge is 0.372 e. The summed E-state index contributed by atoms with van der Waals surface area (Å²) < 4.78 is 71.1. The number of esters is 1. The van der Waals surface area contributed by atoms with Gasteiger partial charge in [-0.05, 0) is 6.92 Å². The molecule has 0 rings (SSSR count). The highest BCUT2D eigenvalue weighted by molar-refractivity contribution is 5.73. The quantitative estimate of drug-likeness (QED) is 0.490. The molecule has 2 nitrogen and oxygen atoms in total. The molecule has 0 aliphatic heterocycles. The van der Waals surface area contributed by atoms with Crippen molar-refractivity contribution < 1.29 is 35.9 Å². The summed E-state index contributed by atoms with van der Waals surface area (Å²) in [5, 5.41) is 0. The summed E-state index contributed by atoms with van der Waals surface area (Å²) in [6.07, 6.45) is -10.4. The molecule has 0 aromatic heterocycles. The van der Waals surface area contributed by atoms with Gasteiger partial charge in [0.15, 0.2) is 0 Å². The number of hydrogen-bond acceptors (Lipinski definition) is 2. The van der Waals surface area contributed by atoms with E-state index in [1.807, 2.05) is 0 Å². The van der Waals surface area contributed by atoms with E-state index in [1.165, 1.54) is 0 Å². The second-order valence-electron chi connectivity index (χ2n) is 2.13. The largest absolute Gasteiger partial charge is 0.575 e. The van der Waals surface area contributed by atoms with Crippen LogP contribution in [0, 0.1) is 5.92 Å². The maximum absolute atomic E-state index is 11.6. The Kier molecular flexibility index (Phi) is 3.18. The van der Waals surface area contributed by atoms with Gasteiger partial charge in [-0.2, -0.15) is 13.2 Å². The zero-order valence-corrected chi connectivity index (χ0v) is 6.16. The van der Waals surface area contributed by atoms with Crippen molar-refractivity contribution in [3.05, 3.63) is 0 Å². The van der Waals surface area contributed by atoms with Crippen LogP contribution in [0.4, 0.5) is 26.3 Å². The molecule has 0 amide bonds. The first kappa shape index (κ1) is 12.0. The third-order valence-corrected chi connectivity index (χ3v) is 1.06. The van der Waals surface area contributed by atoms with Gasteiger partial charge in [-0.25, -0.2) is 0 Å². The first-order chi connectivity index (χ1) is 5.54. The average Bonchev–Trinajstić information content (AvgIpc) is 1.79. The van der Waals surface area contributed by atoms with Crippen LogP contribution in [0.3, 0.4) is 0 Å². The molecule has 1 unspecified atom stereocenters. The van der Waals surface area contributed by atoms with Crippen molar-refractivity contribution in [3.8, 4) is 0 Å². The maximum Gasteiger partial charge on any atom is 0.575 e. The standard InChI is InChI=1S/C5H4F6O2/c1-2(4(6,7)8)3(12)13-5(9,10)11/h2H,1H3. The number of carbonyl (C=O) groups is 1. The molecule has 0 bridgehead atoms. The van der Waals surface area contributed by atoms with Crippen LogP contribution in [0.5, 0.6) is 0 Å². The zero-order valence-electron chi connectivity index (χ0n) is 6.16. The normalized spacial score (nSPS) is 15.3. The van der Waals surface area contributed by atoms with Gasteiger partial charge in [0, 0.05) is 0 Å². The van der Waals surface area contributed by atoms with E-state index in [4.69, 9.17) is 0 Å². The minimum absolute atomic E-state index is 0.286. The monoisotopic (exact) mass is 210 g/mol. The van der Waals surface area contributed by atoms with E-state index in [-0.39, 0.29) is 6.92 Å². The highest BCUT2D eigenvalue weighted by atomic mass is 19.4. The first-order valence-corrected chi connectivity index (χ1v) is 2.90. The predicted molar refractivity (Wildman–Crippen MR) is 27.4 cm³/mol. The van der Waals surface area contributed by atoms with Gasteiger partial charge in [0.25, 0.3) is 0 Å². The molecule has 0 saturated carbocycles. The number of ether oxygens (including phenoxy) is 1. The second kappa shape index (κ2) is 3.43. The molecule has 0 aromatic carbocycles. The van der Waals surface area contributed by atoms with Gasteiger partial charge in [0.2, 0.25) is 0 Å². The van der Waals surface area contributed by atoms with E-state index < -0.39 is 24.4 Å². The summed E-state index contributed by atoms with van der Waals surface area (Å²) in [6, 6.07) is 0. The highest BCUT2D eigenvalue weighted by Crippen LogP contribution is 2.29. The Bertz CT molecular complexity index is 192. The van der Waals surface area contributed by atoms with Crippen molar-refractivity contribution in [1.82, 2.24) is 0 Å². The fourth-order valence-corrected chi connectivity index (χ4v) is 0.336. The summed E-state index contributed by atoms with van der Waals surface area (Å²) in [5.41, 5.74) is 0. The molecular formula is C5H4F6O2. The lowest BCUT2D eigenvalue weighted by Crippen LogP contribution is -2.33. The Labute approximate surface area is 68.5 Å². The lowest BCUT2D eigenvalue weighted by atomic mass is 10.2. The molecule has 13 heavy (non-hydrogen) atoms. The Morgan fingerprint density at radius 2 is 1.54 bits per heavy atom. The topological polar surface area (TPSA) is 26.3 Å². The number of rotatable bonds is 1. The lowest BCUT2D eigenvalue weighted by molar-refractivity contribution is -0.313. The van der Waals surface area contributed by atoms with Crippen LogP contribution in [0.25, 0.3) is 0 Å². The molecule has 0 N–H and O–H groups in total. The van der Waals surface area contributed by atoms with E-state index in [1.54, 1.807) is 0 Å². The van der Waals surface area contributed by atoms with E-state index in [9.17, 15) is 31.1 Å². The minimum Gasteiger partial charge on any atom is -0.372 e. The first-order valence-electron chi connectivity index (χ1n) is 2.90. The fourth-order valence-electron chi connectivity index (χ4n) is 0.336. The average molecular weight is 210 g/mol. The van der Waals surface area contributed by atoms with Crippen LogP contribution in [0.1, 0.15) is 6.92 Å². The third kappa shape index (κ3) is 4.58. The van der Waals surface area contributed by atoms with Crippen molar-refractivity contribution in [1.29, 1.82) is 0 Å². The van der Waals surface area contributed by atoms with Crippen LogP contribution in [0.15, 0.2) is 0 Å². The van der Waals surface area contributed by atoms with Crippen LogP contribution in [0.2, 0.25) is 0 Å². The lowest BCUT2D eigenvalue weighted by Gasteiger charge is -2.15. The van der Waals surface area contributed by atoms with Gasteiger partial charge in [-0.15, -0.1) is 13.2 Å². The van der Waals surface area contributed by atoms with Crippen molar-refractivity contribution in [2.45, 2.75) is 19.5 Å². The van der Waals surface area contributed by atoms with Crippen LogP contribution >= 0.6 is 0 Å². The molecule has 0 fully saturated rings. The zero-order chi connectivity index (χ0) is 10.9. The maximum atomic E-state index is 11.6. The van der Waals surface area contributed by atoms with E-state index >= 15 is 0 Å². The number of hydrogen-bond donors (Lipinski definition) is 0. The van der Waals surface area contributed by atoms with Gasteiger partial charge in [-0.3, -0.25) is 4.79 Å². The summed E-state index contributed by atoms with van der Waals surface area (Å²) >= 11 is 0. The van der Waals surface area contributed by atoms with Gasteiger partial charge in [-0.1, -0.05) is 0 Å². The Hall–Kier alpha value is -0.950. The molecule has 0 radical (unpaired) electrons. The number of alkyl halides is 6. The van der Waals surface area contributed by atoms with Gasteiger partial charge in [0.05, 0.1) is 0 Å². The minimum atomic E-state index is -5.38. The number of halogens is 6. The molecule has 0 heterocycles. The second-order valence-corrected chi connectivity index (χ2v) is 2.13. The molecule has 0 saturated heterocycles. The van der Waals surface area contributed by atoms with Crippen molar-refractivity contribution in [3.63, 3.8) is 0 Å². The molecule has 78 valence electrons. The molecular weight excluding hydrogens is 206 g/mol. The van der Waals surface area contributed by atoms with Gasteiger partial charge < -0.3 is 4.74 Å². The summed E-state index contributed by atoms with van der Waals surface area (Å²) in [6.45, 7) is 0.286. The van der Waals surface area contributed by atoms with E-state index in [2.05, 4.69) is 4.74 Å². The Balaban J connectivity index is 4.30. The third-order valence-electron chi connectivity index (χ3n) is 1.06. The Morgan fingerprint density at radius 1 is 1.15 bits per heavy atom. The summed E-state index contributed by atoms with van der Waals surface area (Å²) in [5.74, 6) is -5.14. The van der Waals surface area contributed by atoms with Crippen LogP contribution in [-0.2, 0) is 9.53 Å². The Morgan fingerprint density at radius 3 is 1.77 bits per heavy atom. The highest BCUT2D eigenvalue weighted by Gasteiger charge is 2.46. The number of carbonyl (C=O) groups excluding carboxylic acids is 1. The molecule has 0 aliphatic carbocycles. The van der Waals surface area contributed by atoms with Crippen molar-refractivity contribution in [2.24, 2.45) is 5.92 Å². The van der Waals surface area contributed by atoms with Crippen LogP contribution in [-0.4, -0.2) is 18.5 Å². The van der Waals surface area contributed by atoms with E-state index in [0.29, 0.717) is 0 Å². The molecule has 0 aliphatic rings. The van der Waals surface area contributed by atoms with Crippen molar-refractivity contribution >= 4 is 5.97 Å². The van der Waals surface area contributed by atoms with Gasteiger partial charge in [0.1, 0.15) is 5.92 Å². The van der Waals surface area contributed by atoms with Gasteiger partial charge >= 0.3 is 18.5 Å². The predicted octanol–water partition coefficient (Wildman–Crippen LogP) is 2.25. The fraction of sp³-hybridized carbons (Fsp3) is 0.800. The molecule has 8 heteroatoms. The van der Waals surface area contributed by atoms with Crippen molar-refractivity contribution in [2.75, 3.05) is 0 Å².